The molecular formula is C12H26N2O4. The fourth-order valence-electron chi connectivity index (χ4n) is 1.40. The summed E-state index contributed by atoms with van der Waals surface area (Å²) < 4.78 is 9.87. The second-order valence-corrected chi connectivity index (χ2v) is 4.16. The third kappa shape index (κ3) is 13.2. The first-order chi connectivity index (χ1) is 8.66. The predicted octanol–water partition coefficient (Wildman–Crippen LogP) is 0.629. The van der Waals surface area contributed by atoms with E-state index in [1.54, 1.807) is 0 Å². The second-order valence-electron chi connectivity index (χ2n) is 4.16. The van der Waals surface area contributed by atoms with Gasteiger partial charge in [-0.3, -0.25) is 0 Å². The highest BCUT2D eigenvalue weighted by Crippen LogP contribution is 1.99. The summed E-state index contributed by atoms with van der Waals surface area (Å²) in [5.41, 5.74) is 4.79. The minimum Gasteiger partial charge on any atom is -0.448 e. The van der Waals surface area contributed by atoms with Crippen molar-refractivity contribution in [1.82, 2.24) is 5.32 Å². The molecule has 0 aliphatic carbocycles. The number of carbonyl (C=O) groups excluding carboxylic acids is 1. The molecule has 0 aliphatic heterocycles. The van der Waals surface area contributed by atoms with Gasteiger partial charge in [0.2, 0.25) is 0 Å². The lowest BCUT2D eigenvalue weighted by molar-refractivity contribution is 0.0349. The third-order valence-electron chi connectivity index (χ3n) is 2.36. The Labute approximate surface area is 109 Å². The molecule has 0 rings (SSSR count). The molecule has 0 heterocycles. The zero-order valence-corrected chi connectivity index (χ0v) is 11.2. The average Bonchev–Trinajstić information content (AvgIpc) is 2.33. The summed E-state index contributed by atoms with van der Waals surface area (Å²) in [6.07, 6.45) is 3.33. The Morgan fingerprint density at radius 2 is 2.11 bits per heavy atom. The van der Waals surface area contributed by atoms with Crippen LogP contribution < -0.4 is 11.1 Å². The highest BCUT2D eigenvalue weighted by Gasteiger charge is 2.03. The van der Waals surface area contributed by atoms with Gasteiger partial charge in [-0.05, 0) is 6.42 Å². The standard InChI is InChI=1S/C12H26N2O4/c1-2-3-4-5-7-17-10-11(15)9-14-6-8-18-12(13)16/h11,14-15H,2-10H2,1H3,(H2,13,16). The van der Waals surface area contributed by atoms with Crippen LogP contribution >= 0.6 is 0 Å². The van der Waals surface area contributed by atoms with E-state index >= 15 is 0 Å². The number of amides is 1. The van der Waals surface area contributed by atoms with Crippen LogP contribution in [0.2, 0.25) is 0 Å². The minimum absolute atomic E-state index is 0.208. The van der Waals surface area contributed by atoms with Gasteiger partial charge in [0.1, 0.15) is 6.61 Å². The Morgan fingerprint density at radius 3 is 2.78 bits per heavy atom. The molecule has 0 bridgehead atoms. The van der Waals surface area contributed by atoms with Gasteiger partial charge in [0.05, 0.1) is 12.7 Å². The monoisotopic (exact) mass is 262 g/mol. The molecule has 0 aliphatic rings. The van der Waals surface area contributed by atoms with Crippen molar-refractivity contribution in [1.29, 1.82) is 0 Å². The first kappa shape index (κ1) is 17.2. The Kier molecular flexibility index (Phi) is 12.0. The zero-order chi connectivity index (χ0) is 13.6. The quantitative estimate of drug-likeness (QED) is 0.448. The van der Waals surface area contributed by atoms with Crippen molar-refractivity contribution in [2.24, 2.45) is 5.73 Å². The van der Waals surface area contributed by atoms with Gasteiger partial charge in [0.25, 0.3) is 0 Å². The van der Waals surface area contributed by atoms with E-state index < -0.39 is 12.2 Å². The fraction of sp³-hybridized carbons (Fsp3) is 0.917. The maximum Gasteiger partial charge on any atom is 0.404 e. The van der Waals surface area contributed by atoms with Crippen molar-refractivity contribution in [3.05, 3.63) is 0 Å². The van der Waals surface area contributed by atoms with E-state index in [9.17, 15) is 9.90 Å². The Balaban J connectivity index is 3.17. The SMILES string of the molecule is CCCCCCOCC(O)CNCCOC(N)=O. The van der Waals surface area contributed by atoms with Crippen molar-refractivity contribution < 1.29 is 19.4 Å². The van der Waals surface area contributed by atoms with E-state index in [1.807, 2.05) is 0 Å². The van der Waals surface area contributed by atoms with E-state index in [1.165, 1.54) is 19.3 Å². The first-order valence-corrected chi connectivity index (χ1v) is 6.55. The number of hydrogen-bond acceptors (Lipinski definition) is 5. The molecule has 0 aromatic heterocycles. The molecule has 0 saturated carbocycles. The molecular weight excluding hydrogens is 236 g/mol. The first-order valence-electron chi connectivity index (χ1n) is 6.55. The van der Waals surface area contributed by atoms with Crippen LogP contribution in [0.4, 0.5) is 4.79 Å². The lowest BCUT2D eigenvalue weighted by atomic mass is 10.2. The van der Waals surface area contributed by atoms with Crippen LogP contribution in [-0.4, -0.2) is 50.2 Å². The fourth-order valence-corrected chi connectivity index (χ4v) is 1.40. The van der Waals surface area contributed by atoms with E-state index in [0.717, 1.165) is 6.42 Å². The van der Waals surface area contributed by atoms with Gasteiger partial charge >= 0.3 is 6.09 Å². The van der Waals surface area contributed by atoms with Crippen LogP contribution in [0.1, 0.15) is 32.6 Å². The molecule has 6 heteroatoms. The summed E-state index contributed by atoms with van der Waals surface area (Å²) in [5.74, 6) is 0. The van der Waals surface area contributed by atoms with Crippen LogP contribution in [0.15, 0.2) is 0 Å². The number of rotatable bonds is 12. The van der Waals surface area contributed by atoms with Gasteiger partial charge in [-0.2, -0.15) is 0 Å². The number of carbonyl (C=O) groups is 1. The number of nitrogens with one attached hydrogen (secondary N) is 1. The van der Waals surface area contributed by atoms with Crippen molar-refractivity contribution >= 4 is 6.09 Å². The molecule has 0 radical (unpaired) electrons. The summed E-state index contributed by atoms with van der Waals surface area (Å²) >= 11 is 0. The molecule has 4 N–H and O–H groups in total. The summed E-state index contributed by atoms with van der Waals surface area (Å²) in [6.45, 7) is 4.28. The Bertz CT molecular complexity index is 203. The summed E-state index contributed by atoms with van der Waals surface area (Å²) in [6, 6.07) is 0. The smallest absolute Gasteiger partial charge is 0.404 e. The summed E-state index contributed by atoms with van der Waals surface area (Å²) in [5, 5.41) is 12.5. The van der Waals surface area contributed by atoms with Crippen molar-refractivity contribution in [3.8, 4) is 0 Å². The largest absolute Gasteiger partial charge is 0.448 e. The van der Waals surface area contributed by atoms with Crippen molar-refractivity contribution in [2.75, 3.05) is 32.9 Å². The molecule has 1 amide bonds. The number of primary amides is 1. The minimum atomic E-state index is -0.784. The molecule has 0 fully saturated rings. The lowest BCUT2D eigenvalue weighted by Gasteiger charge is -2.12. The molecule has 0 saturated heterocycles. The van der Waals surface area contributed by atoms with Crippen LogP contribution in [0, 0.1) is 0 Å². The Hall–Kier alpha value is -0.850. The van der Waals surface area contributed by atoms with Gasteiger partial charge in [0.15, 0.2) is 0 Å². The van der Waals surface area contributed by atoms with Gasteiger partial charge in [0, 0.05) is 19.7 Å². The number of ether oxygens (including phenoxy) is 2. The number of unbranched alkanes of at least 4 members (excludes halogenated alkanes) is 3. The molecule has 0 aromatic rings. The summed E-state index contributed by atoms with van der Waals surface area (Å²) in [4.78, 5) is 10.2. The maximum atomic E-state index is 10.2. The van der Waals surface area contributed by atoms with Crippen LogP contribution in [0.5, 0.6) is 0 Å². The number of aliphatic hydroxyl groups excluding tert-OH is 1. The normalized spacial score (nSPS) is 12.3. The van der Waals surface area contributed by atoms with E-state index in [0.29, 0.717) is 26.3 Å². The molecule has 1 atom stereocenters. The molecule has 6 nitrogen and oxygen atoms in total. The topological polar surface area (TPSA) is 93.8 Å². The Morgan fingerprint density at radius 1 is 1.33 bits per heavy atom. The maximum absolute atomic E-state index is 10.2. The van der Waals surface area contributed by atoms with E-state index in [-0.39, 0.29) is 6.61 Å². The number of nitrogens with two attached hydrogens (primary N) is 1. The molecule has 0 aromatic carbocycles. The molecule has 18 heavy (non-hydrogen) atoms. The molecule has 0 spiro atoms. The van der Waals surface area contributed by atoms with Gasteiger partial charge in [-0.25, -0.2) is 4.79 Å². The lowest BCUT2D eigenvalue weighted by Crippen LogP contribution is -2.33. The van der Waals surface area contributed by atoms with Crippen LogP contribution in [0.25, 0.3) is 0 Å². The van der Waals surface area contributed by atoms with Gasteiger partial charge in [-0.15, -0.1) is 0 Å². The van der Waals surface area contributed by atoms with Crippen LogP contribution in [0.3, 0.4) is 0 Å². The van der Waals surface area contributed by atoms with Gasteiger partial charge in [-0.1, -0.05) is 26.2 Å². The number of hydrogen-bond donors (Lipinski definition) is 3. The molecule has 108 valence electrons. The van der Waals surface area contributed by atoms with E-state index in [4.69, 9.17) is 10.5 Å². The second kappa shape index (κ2) is 12.6. The van der Waals surface area contributed by atoms with Crippen LogP contribution in [-0.2, 0) is 9.47 Å². The van der Waals surface area contributed by atoms with Gasteiger partial charge < -0.3 is 25.6 Å². The van der Waals surface area contributed by atoms with Crippen molar-refractivity contribution in [3.63, 3.8) is 0 Å². The number of aliphatic hydroxyl groups is 1. The van der Waals surface area contributed by atoms with E-state index in [2.05, 4.69) is 17.0 Å². The third-order valence-corrected chi connectivity index (χ3v) is 2.36. The highest BCUT2D eigenvalue weighted by molar-refractivity contribution is 5.64. The summed E-state index contributed by atoms with van der Waals surface area (Å²) in [7, 11) is 0. The highest BCUT2D eigenvalue weighted by atomic mass is 16.5. The average molecular weight is 262 g/mol. The van der Waals surface area contributed by atoms with Crippen molar-refractivity contribution in [2.45, 2.75) is 38.7 Å². The zero-order valence-electron chi connectivity index (χ0n) is 11.2. The molecule has 1 unspecified atom stereocenters. The predicted molar refractivity (Wildman–Crippen MR) is 69.4 cm³/mol.